The minimum atomic E-state index is -3.23. The first-order valence-corrected chi connectivity index (χ1v) is 6.34. The monoisotopic (exact) mass is 224 g/mol. The molecule has 0 atom stereocenters. The van der Waals surface area contributed by atoms with Crippen molar-refractivity contribution in [2.75, 3.05) is 19.6 Å². The molecule has 0 aromatic rings. The summed E-state index contributed by atoms with van der Waals surface area (Å²) in [5.74, 6) is -0.412. The Morgan fingerprint density at radius 1 is 1.14 bits per heavy atom. The molecule has 0 heterocycles. The van der Waals surface area contributed by atoms with E-state index in [-0.39, 0.29) is 26.0 Å². The fourth-order valence-electron chi connectivity index (χ4n) is 0.758. The lowest BCUT2D eigenvalue weighted by molar-refractivity contribution is -0.141. The molecule has 0 radical (unpaired) electrons. The molecule has 0 spiro atoms. The minimum absolute atomic E-state index is 0.248. The van der Waals surface area contributed by atoms with Gasteiger partial charge >= 0.3 is 13.6 Å². The van der Waals surface area contributed by atoms with Crippen molar-refractivity contribution in [3.63, 3.8) is 0 Å². The summed E-state index contributed by atoms with van der Waals surface area (Å²) in [6.07, 6.45) is -0.0559. The highest BCUT2D eigenvalue weighted by molar-refractivity contribution is 7.53. The Labute approximate surface area is 84.3 Å². The smallest absolute Gasteiger partial charge is 0.367 e. The van der Waals surface area contributed by atoms with Crippen LogP contribution in [0, 0.1) is 0 Å². The Balaban J connectivity index is 4.08. The first-order valence-electron chi connectivity index (χ1n) is 4.61. The molecule has 0 fully saturated rings. The molecule has 14 heavy (non-hydrogen) atoms. The molecule has 0 amide bonds. The van der Waals surface area contributed by atoms with Gasteiger partial charge in [-0.2, -0.15) is 0 Å². The number of carbonyl (C=O) groups excluding carboxylic acids is 1. The molecule has 0 saturated heterocycles. The average Bonchev–Trinajstić information content (AvgIpc) is 2.15. The molecule has 6 heteroatoms. The van der Waals surface area contributed by atoms with Crippen LogP contribution in [0.1, 0.15) is 27.2 Å². The predicted octanol–water partition coefficient (Wildman–Crippen LogP) is 2.16. The van der Waals surface area contributed by atoms with Crippen LogP contribution in [0.5, 0.6) is 0 Å². The van der Waals surface area contributed by atoms with Gasteiger partial charge in [-0.15, -0.1) is 0 Å². The Kier molecular flexibility index (Phi) is 6.79. The van der Waals surface area contributed by atoms with Crippen LogP contribution in [0.4, 0.5) is 0 Å². The van der Waals surface area contributed by atoms with E-state index in [0.29, 0.717) is 0 Å². The zero-order valence-electron chi connectivity index (χ0n) is 8.82. The molecule has 0 aromatic heterocycles. The number of hydrogen-bond donors (Lipinski definition) is 0. The third-order valence-electron chi connectivity index (χ3n) is 1.32. The van der Waals surface area contributed by atoms with Crippen LogP contribution >= 0.6 is 7.60 Å². The summed E-state index contributed by atoms with van der Waals surface area (Å²) in [5, 5.41) is 0. The van der Waals surface area contributed by atoms with Gasteiger partial charge in [-0.1, -0.05) is 6.92 Å². The minimum Gasteiger partial charge on any atom is -0.453 e. The molecule has 0 aliphatic rings. The normalized spacial score (nSPS) is 11.4. The molecule has 0 aliphatic carbocycles. The average molecular weight is 224 g/mol. The number of ether oxygens (including phenoxy) is 1. The van der Waals surface area contributed by atoms with Gasteiger partial charge in [0, 0.05) is 6.42 Å². The van der Waals surface area contributed by atoms with Crippen molar-refractivity contribution in [1.82, 2.24) is 0 Å². The summed E-state index contributed by atoms with van der Waals surface area (Å²) >= 11 is 0. The van der Waals surface area contributed by atoms with Crippen LogP contribution < -0.4 is 0 Å². The van der Waals surface area contributed by atoms with Crippen LogP contribution in [-0.2, 0) is 23.1 Å². The van der Waals surface area contributed by atoms with E-state index in [2.05, 4.69) is 0 Å². The van der Waals surface area contributed by atoms with E-state index in [0.717, 1.165) is 0 Å². The summed E-state index contributed by atoms with van der Waals surface area (Å²) < 4.78 is 26.3. The Bertz CT molecular complexity index is 206. The second kappa shape index (κ2) is 6.98. The molecular weight excluding hydrogens is 207 g/mol. The quantitative estimate of drug-likeness (QED) is 0.489. The fourth-order valence-corrected chi connectivity index (χ4v) is 2.07. The molecule has 0 rings (SSSR count). The maximum absolute atomic E-state index is 11.7. The maximum atomic E-state index is 11.7. The number of rotatable bonds is 7. The van der Waals surface area contributed by atoms with E-state index in [4.69, 9.17) is 13.8 Å². The van der Waals surface area contributed by atoms with Crippen molar-refractivity contribution < 1.29 is 23.1 Å². The Hall–Kier alpha value is -0.380. The largest absolute Gasteiger partial charge is 0.453 e. The summed E-state index contributed by atoms with van der Waals surface area (Å²) in [5.41, 5.74) is 0. The van der Waals surface area contributed by atoms with Crippen molar-refractivity contribution >= 4 is 13.6 Å². The van der Waals surface area contributed by atoms with Crippen molar-refractivity contribution in [1.29, 1.82) is 0 Å². The highest BCUT2D eigenvalue weighted by Gasteiger charge is 2.25. The van der Waals surface area contributed by atoms with Gasteiger partial charge in [0.15, 0.2) is 6.35 Å². The number of carbonyl (C=O) groups is 1. The van der Waals surface area contributed by atoms with Crippen molar-refractivity contribution in [2.45, 2.75) is 27.2 Å². The third kappa shape index (κ3) is 5.37. The van der Waals surface area contributed by atoms with E-state index in [1.54, 1.807) is 20.8 Å². The summed E-state index contributed by atoms with van der Waals surface area (Å²) in [6.45, 7) is 5.59. The predicted molar refractivity (Wildman–Crippen MR) is 52.1 cm³/mol. The van der Waals surface area contributed by atoms with Gasteiger partial charge in [0.05, 0.1) is 13.2 Å². The van der Waals surface area contributed by atoms with E-state index in [1.807, 2.05) is 0 Å². The maximum Gasteiger partial charge on any atom is 0.367 e. The zero-order valence-corrected chi connectivity index (χ0v) is 9.71. The molecule has 0 aromatic carbocycles. The zero-order chi connectivity index (χ0) is 11.0. The van der Waals surface area contributed by atoms with Gasteiger partial charge in [0.25, 0.3) is 0 Å². The fraction of sp³-hybridized carbons (Fsp3) is 0.875. The molecule has 0 saturated carbocycles. The highest BCUT2D eigenvalue weighted by Crippen LogP contribution is 2.47. The second-order valence-corrected chi connectivity index (χ2v) is 4.44. The van der Waals surface area contributed by atoms with Gasteiger partial charge in [0.2, 0.25) is 0 Å². The van der Waals surface area contributed by atoms with Gasteiger partial charge < -0.3 is 13.8 Å². The SMILES string of the molecule is CCOP(=O)(COC(=O)CC)OCC. The molecule has 0 aliphatic heterocycles. The lowest BCUT2D eigenvalue weighted by Gasteiger charge is -2.16. The summed E-state index contributed by atoms with van der Waals surface area (Å²) in [4.78, 5) is 10.8. The molecule has 0 unspecified atom stereocenters. The first-order chi connectivity index (χ1) is 6.58. The van der Waals surface area contributed by atoms with Gasteiger partial charge in [0.1, 0.15) is 0 Å². The Morgan fingerprint density at radius 3 is 2.00 bits per heavy atom. The van der Waals surface area contributed by atoms with Crippen LogP contribution in [0.25, 0.3) is 0 Å². The van der Waals surface area contributed by atoms with Crippen molar-refractivity contribution in [3.8, 4) is 0 Å². The lowest BCUT2D eigenvalue weighted by Crippen LogP contribution is -2.08. The molecule has 0 bridgehead atoms. The van der Waals surface area contributed by atoms with Gasteiger partial charge in [-0.25, -0.2) is 0 Å². The lowest BCUT2D eigenvalue weighted by atomic mass is 10.5. The molecule has 5 nitrogen and oxygen atoms in total. The van der Waals surface area contributed by atoms with Crippen LogP contribution in [0.3, 0.4) is 0 Å². The number of hydrogen-bond acceptors (Lipinski definition) is 5. The molecule has 0 N–H and O–H groups in total. The second-order valence-electron chi connectivity index (χ2n) is 2.45. The van der Waals surface area contributed by atoms with Crippen molar-refractivity contribution in [2.24, 2.45) is 0 Å². The highest BCUT2D eigenvalue weighted by atomic mass is 31.2. The van der Waals surface area contributed by atoms with E-state index in [9.17, 15) is 9.36 Å². The van der Waals surface area contributed by atoms with Crippen LogP contribution in [-0.4, -0.2) is 25.5 Å². The standard InChI is InChI=1S/C8H17O5P/c1-4-8(9)11-7-14(10,12-5-2)13-6-3/h4-7H2,1-3H3. The summed E-state index contributed by atoms with van der Waals surface area (Å²) in [7, 11) is -3.23. The third-order valence-corrected chi connectivity index (χ3v) is 3.07. The number of esters is 1. The van der Waals surface area contributed by atoms with E-state index in [1.165, 1.54) is 0 Å². The topological polar surface area (TPSA) is 61.8 Å². The van der Waals surface area contributed by atoms with E-state index < -0.39 is 13.6 Å². The van der Waals surface area contributed by atoms with Gasteiger partial charge in [-0.05, 0) is 13.8 Å². The van der Waals surface area contributed by atoms with Crippen molar-refractivity contribution in [3.05, 3.63) is 0 Å². The molecular formula is C8H17O5P. The van der Waals surface area contributed by atoms with Gasteiger partial charge in [-0.3, -0.25) is 9.36 Å². The molecule has 84 valence electrons. The van der Waals surface area contributed by atoms with Crippen LogP contribution in [0.15, 0.2) is 0 Å². The van der Waals surface area contributed by atoms with E-state index >= 15 is 0 Å². The summed E-state index contributed by atoms with van der Waals surface area (Å²) in [6, 6.07) is 0. The first kappa shape index (κ1) is 13.6. The Morgan fingerprint density at radius 2 is 1.64 bits per heavy atom. The van der Waals surface area contributed by atoms with Crippen LogP contribution in [0.2, 0.25) is 0 Å².